The van der Waals surface area contributed by atoms with Gasteiger partial charge in [0.05, 0.1) is 11.4 Å². The molecule has 156 valence electrons. The highest BCUT2D eigenvalue weighted by atomic mass is 32.2. The fraction of sp³-hybridized carbons (Fsp3) is 0.429. The number of hydrogen-bond donors (Lipinski definition) is 0. The summed E-state index contributed by atoms with van der Waals surface area (Å²) in [6.45, 7) is 7.40. The zero-order valence-corrected chi connectivity index (χ0v) is 17.9. The summed E-state index contributed by atoms with van der Waals surface area (Å²) in [5.74, 6) is 0.440. The first-order valence-corrected chi connectivity index (χ1v) is 11.3. The number of nitrogens with zero attached hydrogens (tertiary/aromatic N) is 3. The van der Waals surface area contributed by atoms with E-state index >= 15 is 0 Å². The molecule has 0 saturated carbocycles. The topological polar surface area (TPSA) is 79.8 Å². The van der Waals surface area contributed by atoms with E-state index in [1.54, 1.807) is 30.9 Å². The van der Waals surface area contributed by atoms with Crippen LogP contribution >= 0.6 is 0 Å². The van der Waals surface area contributed by atoms with Gasteiger partial charge in [0.2, 0.25) is 15.9 Å². The number of pyridine rings is 1. The molecule has 2 heterocycles. The largest absolute Gasteiger partial charge is 0.472 e. The van der Waals surface area contributed by atoms with Crippen molar-refractivity contribution in [2.75, 3.05) is 26.2 Å². The SMILES string of the molecule is CCN(CC)S(=O)(=O)c1ccc(C(=O)N2CCC(Oc3cccc(C)n3)C2)cc1. The molecule has 7 nitrogen and oxygen atoms in total. The molecule has 0 spiro atoms. The maximum Gasteiger partial charge on any atom is 0.253 e. The Bertz CT molecular complexity index is 956. The number of sulfonamides is 1. The highest BCUT2D eigenvalue weighted by Gasteiger charge is 2.29. The van der Waals surface area contributed by atoms with Gasteiger partial charge in [-0.2, -0.15) is 4.31 Å². The third kappa shape index (κ3) is 4.76. The number of aromatic nitrogens is 1. The van der Waals surface area contributed by atoms with Crippen LogP contribution < -0.4 is 4.74 Å². The van der Waals surface area contributed by atoms with Crippen LogP contribution in [0.3, 0.4) is 0 Å². The van der Waals surface area contributed by atoms with E-state index in [9.17, 15) is 13.2 Å². The lowest BCUT2D eigenvalue weighted by atomic mass is 10.2. The fourth-order valence-electron chi connectivity index (χ4n) is 3.43. The van der Waals surface area contributed by atoms with Gasteiger partial charge in [0.1, 0.15) is 6.10 Å². The Labute approximate surface area is 172 Å². The molecule has 1 amide bonds. The van der Waals surface area contributed by atoms with Gasteiger partial charge in [-0.1, -0.05) is 19.9 Å². The molecule has 0 bridgehead atoms. The van der Waals surface area contributed by atoms with Crippen LogP contribution in [0.4, 0.5) is 0 Å². The van der Waals surface area contributed by atoms with Gasteiger partial charge in [-0.15, -0.1) is 0 Å². The van der Waals surface area contributed by atoms with E-state index in [2.05, 4.69) is 4.98 Å². The molecule has 1 aromatic heterocycles. The maximum atomic E-state index is 12.8. The fourth-order valence-corrected chi connectivity index (χ4v) is 4.89. The average Bonchev–Trinajstić information content (AvgIpc) is 3.16. The van der Waals surface area contributed by atoms with Crippen LogP contribution in [0.1, 0.15) is 36.3 Å². The summed E-state index contributed by atoms with van der Waals surface area (Å²) in [6, 6.07) is 11.8. The van der Waals surface area contributed by atoms with Crippen molar-refractivity contribution in [3.05, 3.63) is 53.7 Å². The van der Waals surface area contributed by atoms with Crippen LogP contribution in [-0.4, -0.2) is 60.8 Å². The number of amides is 1. The molecule has 1 atom stereocenters. The predicted octanol–water partition coefficient (Wildman–Crippen LogP) is 2.71. The first-order chi connectivity index (χ1) is 13.8. The number of carbonyl (C=O) groups excluding carboxylic acids is 1. The van der Waals surface area contributed by atoms with Crippen LogP contribution in [0.15, 0.2) is 47.4 Å². The van der Waals surface area contributed by atoms with Crippen molar-refractivity contribution in [1.82, 2.24) is 14.2 Å². The minimum absolute atomic E-state index is 0.101. The van der Waals surface area contributed by atoms with Gasteiger partial charge in [-0.05, 0) is 37.3 Å². The van der Waals surface area contributed by atoms with Crippen molar-refractivity contribution in [2.24, 2.45) is 0 Å². The van der Waals surface area contributed by atoms with Gasteiger partial charge in [0.25, 0.3) is 5.91 Å². The number of carbonyl (C=O) groups is 1. The normalized spacial score (nSPS) is 17.0. The zero-order valence-electron chi connectivity index (χ0n) is 17.0. The van der Waals surface area contributed by atoms with Crippen LogP contribution in [0.5, 0.6) is 5.88 Å². The van der Waals surface area contributed by atoms with Crippen molar-refractivity contribution >= 4 is 15.9 Å². The van der Waals surface area contributed by atoms with Gasteiger partial charge < -0.3 is 9.64 Å². The highest BCUT2D eigenvalue weighted by Crippen LogP contribution is 2.21. The Hall–Kier alpha value is -2.45. The smallest absolute Gasteiger partial charge is 0.253 e. The molecule has 1 unspecified atom stereocenters. The first kappa shape index (κ1) is 21.3. The van der Waals surface area contributed by atoms with Crippen molar-refractivity contribution < 1.29 is 17.9 Å². The lowest BCUT2D eigenvalue weighted by Crippen LogP contribution is -2.31. The molecule has 8 heteroatoms. The molecule has 1 aliphatic heterocycles. The van der Waals surface area contributed by atoms with Gasteiger partial charge in [0.15, 0.2) is 0 Å². The van der Waals surface area contributed by atoms with Crippen LogP contribution in [0.2, 0.25) is 0 Å². The second kappa shape index (κ2) is 8.92. The summed E-state index contributed by atoms with van der Waals surface area (Å²) < 4.78 is 32.5. The second-order valence-corrected chi connectivity index (χ2v) is 8.95. The predicted molar refractivity (Wildman–Crippen MR) is 110 cm³/mol. The number of ether oxygens (including phenoxy) is 1. The van der Waals surface area contributed by atoms with Crippen LogP contribution in [-0.2, 0) is 10.0 Å². The summed E-state index contributed by atoms with van der Waals surface area (Å²) in [5, 5.41) is 0. The molecule has 0 radical (unpaired) electrons. The van der Waals surface area contributed by atoms with Crippen molar-refractivity contribution in [3.8, 4) is 5.88 Å². The third-order valence-electron chi connectivity index (χ3n) is 5.03. The molecule has 29 heavy (non-hydrogen) atoms. The third-order valence-corrected chi connectivity index (χ3v) is 7.09. The monoisotopic (exact) mass is 417 g/mol. The first-order valence-electron chi connectivity index (χ1n) is 9.85. The Kier molecular flexibility index (Phi) is 6.54. The number of benzene rings is 1. The average molecular weight is 418 g/mol. The quantitative estimate of drug-likeness (QED) is 0.692. The highest BCUT2D eigenvalue weighted by molar-refractivity contribution is 7.89. The maximum absolute atomic E-state index is 12.8. The standard InChI is InChI=1S/C21H27N3O4S/c1-4-24(5-2)29(26,27)19-11-9-17(10-12-19)21(25)23-14-13-18(15-23)28-20-8-6-7-16(3)22-20/h6-12,18H,4-5,13-15H2,1-3H3. The summed E-state index contributed by atoms with van der Waals surface area (Å²) in [5.41, 5.74) is 1.35. The number of rotatable bonds is 7. The zero-order chi connectivity index (χ0) is 21.0. The van der Waals surface area contributed by atoms with E-state index in [1.807, 2.05) is 25.1 Å². The van der Waals surface area contributed by atoms with Gasteiger partial charge in [-0.3, -0.25) is 4.79 Å². The summed E-state index contributed by atoms with van der Waals surface area (Å²) in [4.78, 5) is 19.1. The van der Waals surface area contributed by atoms with Gasteiger partial charge >= 0.3 is 0 Å². The lowest BCUT2D eigenvalue weighted by molar-refractivity contribution is 0.0771. The summed E-state index contributed by atoms with van der Waals surface area (Å²) in [7, 11) is -3.53. The number of hydrogen-bond acceptors (Lipinski definition) is 5. The lowest BCUT2D eigenvalue weighted by Gasteiger charge is -2.19. The molecular weight excluding hydrogens is 390 g/mol. The van der Waals surface area contributed by atoms with E-state index < -0.39 is 10.0 Å². The number of likely N-dealkylation sites (tertiary alicyclic amines) is 1. The molecule has 3 rings (SSSR count). The summed E-state index contributed by atoms with van der Waals surface area (Å²) in [6.07, 6.45) is 0.631. The molecule has 1 aromatic carbocycles. The molecule has 0 N–H and O–H groups in total. The molecule has 1 aliphatic rings. The van der Waals surface area contributed by atoms with Crippen molar-refractivity contribution in [3.63, 3.8) is 0 Å². The Morgan fingerprint density at radius 3 is 2.48 bits per heavy atom. The Balaban J connectivity index is 1.65. The van der Waals surface area contributed by atoms with E-state index in [0.717, 1.165) is 12.1 Å². The summed E-state index contributed by atoms with van der Waals surface area (Å²) >= 11 is 0. The second-order valence-electron chi connectivity index (χ2n) is 7.01. The van der Waals surface area contributed by atoms with Crippen LogP contribution in [0, 0.1) is 6.92 Å². The minimum atomic E-state index is -3.53. The molecular formula is C21H27N3O4S. The van der Waals surface area contributed by atoms with Gasteiger partial charge in [0, 0.05) is 43.4 Å². The Morgan fingerprint density at radius 1 is 1.17 bits per heavy atom. The van der Waals surface area contributed by atoms with E-state index in [0.29, 0.717) is 37.6 Å². The Morgan fingerprint density at radius 2 is 1.86 bits per heavy atom. The molecule has 1 saturated heterocycles. The van der Waals surface area contributed by atoms with E-state index in [-0.39, 0.29) is 16.9 Å². The minimum Gasteiger partial charge on any atom is -0.472 e. The molecule has 0 aliphatic carbocycles. The number of aryl methyl sites for hydroxylation is 1. The molecule has 2 aromatic rings. The van der Waals surface area contributed by atoms with Gasteiger partial charge in [-0.25, -0.2) is 13.4 Å². The van der Waals surface area contributed by atoms with Crippen molar-refractivity contribution in [2.45, 2.75) is 38.2 Å². The van der Waals surface area contributed by atoms with Crippen molar-refractivity contribution in [1.29, 1.82) is 0 Å². The molecule has 1 fully saturated rings. The van der Waals surface area contributed by atoms with E-state index in [1.165, 1.54) is 16.4 Å². The van der Waals surface area contributed by atoms with E-state index in [4.69, 9.17) is 4.74 Å². The van der Waals surface area contributed by atoms with Crippen LogP contribution in [0.25, 0.3) is 0 Å².